The minimum atomic E-state index is -0.797. The first kappa shape index (κ1) is 24.5. The summed E-state index contributed by atoms with van der Waals surface area (Å²) in [5.74, 6) is -0.945. The summed E-state index contributed by atoms with van der Waals surface area (Å²) in [6.07, 6.45) is 0.395. The highest BCUT2D eigenvalue weighted by atomic mass is 35.5. The molecule has 4 nitrogen and oxygen atoms in total. The van der Waals surface area contributed by atoms with Crippen LogP contribution < -0.4 is 5.32 Å². The van der Waals surface area contributed by atoms with Crippen molar-refractivity contribution in [1.82, 2.24) is 10.2 Å². The lowest BCUT2D eigenvalue weighted by Crippen LogP contribution is -2.52. The van der Waals surface area contributed by atoms with Gasteiger partial charge in [0.2, 0.25) is 11.8 Å². The highest BCUT2D eigenvalue weighted by Gasteiger charge is 2.31. The van der Waals surface area contributed by atoms with Gasteiger partial charge in [-0.25, -0.2) is 4.39 Å². The number of hydrogen-bond acceptors (Lipinski definition) is 2. The van der Waals surface area contributed by atoms with E-state index in [0.29, 0.717) is 17.0 Å². The molecule has 0 radical (unpaired) electrons. The molecule has 0 aliphatic rings. The molecule has 33 heavy (non-hydrogen) atoms. The fourth-order valence-electron chi connectivity index (χ4n) is 3.62. The Morgan fingerprint density at radius 1 is 0.909 bits per heavy atom. The van der Waals surface area contributed by atoms with Gasteiger partial charge in [0.05, 0.1) is 6.42 Å². The zero-order chi connectivity index (χ0) is 23.8. The van der Waals surface area contributed by atoms with Crippen molar-refractivity contribution in [1.29, 1.82) is 0 Å². The van der Waals surface area contributed by atoms with Gasteiger partial charge < -0.3 is 10.2 Å². The second kappa shape index (κ2) is 11.6. The summed E-state index contributed by atoms with van der Waals surface area (Å²) in [6, 6.07) is 21.9. The van der Waals surface area contributed by atoms with Crippen molar-refractivity contribution >= 4 is 23.4 Å². The van der Waals surface area contributed by atoms with Crippen LogP contribution in [0.4, 0.5) is 4.39 Å². The van der Waals surface area contributed by atoms with E-state index in [1.807, 2.05) is 44.2 Å². The van der Waals surface area contributed by atoms with Gasteiger partial charge in [-0.15, -0.1) is 0 Å². The van der Waals surface area contributed by atoms with Gasteiger partial charge in [0.25, 0.3) is 0 Å². The minimum Gasteiger partial charge on any atom is -0.352 e. The van der Waals surface area contributed by atoms with Crippen LogP contribution in [0.2, 0.25) is 5.02 Å². The third-order valence-electron chi connectivity index (χ3n) is 5.27. The van der Waals surface area contributed by atoms with E-state index >= 15 is 0 Å². The van der Waals surface area contributed by atoms with Gasteiger partial charge in [0.15, 0.2) is 0 Å². The molecule has 0 saturated heterocycles. The zero-order valence-electron chi connectivity index (χ0n) is 18.8. The van der Waals surface area contributed by atoms with Crippen LogP contribution in [0.1, 0.15) is 30.5 Å². The molecular weight excluding hydrogens is 439 g/mol. The molecule has 6 heteroatoms. The molecule has 0 heterocycles. The highest BCUT2D eigenvalue weighted by Crippen LogP contribution is 2.19. The predicted molar refractivity (Wildman–Crippen MR) is 129 cm³/mol. The third kappa shape index (κ3) is 7.16. The van der Waals surface area contributed by atoms with Crippen LogP contribution in [0.25, 0.3) is 0 Å². The topological polar surface area (TPSA) is 49.4 Å². The van der Waals surface area contributed by atoms with Gasteiger partial charge in [0, 0.05) is 29.6 Å². The number of rotatable bonds is 9. The maximum absolute atomic E-state index is 14.5. The van der Waals surface area contributed by atoms with Crippen LogP contribution in [0.15, 0.2) is 78.9 Å². The molecule has 172 valence electrons. The van der Waals surface area contributed by atoms with E-state index in [-0.39, 0.29) is 30.8 Å². The molecule has 0 saturated carbocycles. The van der Waals surface area contributed by atoms with E-state index in [2.05, 4.69) is 5.32 Å². The highest BCUT2D eigenvalue weighted by molar-refractivity contribution is 6.30. The van der Waals surface area contributed by atoms with E-state index in [4.69, 9.17) is 11.6 Å². The Balaban J connectivity index is 1.97. The molecule has 1 N–H and O–H groups in total. The van der Waals surface area contributed by atoms with Gasteiger partial charge in [0.1, 0.15) is 11.9 Å². The Morgan fingerprint density at radius 3 is 2.18 bits per heavy atom. The van der Waals surface area contributed by atoms with Crippen molar-refractivity contribution in [3.05, 3.63) is 106 Å². The van der Waals surface area contributed by atoms with Gasteiger partial charge >= 0.3 is 0 Å². The molecule has 1 atom stereocenters. The molecule has 0 bridgehead atoms. The number of benzene rings is 3. The maximum atomic E-state index is 14.5. The largest absolute Gasteiger partial charge is 0.352 e. The lowest BCUT2D eigenvalue weighted by atomic mass is 10.0. The minimum absolute atomic E-state index is 0.0118. The monoisotopic (exact) mass is 466 g/mol. The van der Waals surface area contributed by atoms with E-state index in [1.165, 1.54) is 11.0 Å². The van der Waals surface area contributed by atoms with Crippen molar-refractivity contribution in [2.45, 2.75) is 45.3 Å². The fraction of sp³-hybridized carbons (Fsp3) is 0.259. The fourth-order valence-corrected chi connectivity index (χ4v) is 3.75. The zero-order valence-corrected chi connectivity index (χ0v) is 19.6. The molecule has 3 aromatic carbocycles. The summed E-state index contributed by atoms with van der Waals surface area (Å²) >= 11 is 5.98. The van der Waals surface area contributed by atoms with E-state index in [1.54, 1.807) is 42.5 Å². The lowest BCUT2D eigenvalue weighted by molar-refractivity contribution is -0.141. The third-order valence-corrected chi connectivity index (χ3v) is 5.52. The smallest absolute Gasteiger partial charge is 0.243 e. The Morgan fingerprint density at radius 2 is 1.55 bits per heavy atom. The van der Waals surface area contributed by atoms with E-state index in [0.717, 1.165) is 11.1 Å². The van der Waals surface area contributed by atoms with Gasteiger partial charge in [-0.1, -0.05) is 72.3 Å². The Labute approximate surface area is 199 Å². The van der Waals surface area contributed by atoms with Crippen LogP contribution in [0.5, 0.6) is 0 Å². The molecule has 2 amide bonds. The molecule has 3 rings (SSSR count). The summed E-state index contributed by atoms with van der Waals surface area (Å²) in [4.78, 5) is 28.3. The van der Waals surface area contributed by atoms with Crippen molar-refractivity contribution < 1.29 is 14.0 Å². The SMILES string of the molecule is CC(C)NC(=O)C(Cc1ccccc1)N(Cc1ccccc1F)C(=O)Cc1ccc(Cl)cc1. The average Bonchev–Trinajstić information content (AvgIpc) is 2.79. The normalized spacial score (nSPS) is 11.8. The Kier molecular flexibility index (Phi) is 8.61. The Bertz CT molecular complexity index is 1070. The molecule has 3 aromatic rings. The van der Waals surface area contributed by atoms with Gasteiger partial charge in [-0.05, 0) is 43.2 Å². The molecule has 0 spiro atoms. The van der Waals surface area contributed by atoms with Crippen molar-refractivity contribution in [2.24, 2.45) is 0 Å². The lowest BCUT2D eigenvalue weighted by Gasteiger charge is -2.32. The van der Waals surface area contributed by atoms with Crippen LogP contribution in [0.3, 0.4) is 0 Å². The van der Waals surface area contributed by atoms with E-state index < -0.39 is 11.9 Å². The Hall–Kier alpha value is -3.18. The quantitative estimate of drug-likeness (QED) is 0.472. The first-order valence-electron chi connectivity index (χ1n) is 10.9. The summed E-state index contributed by atoms with van der Waals surface area (Å²) in [5.41, 5.74) is 2.04. The number of hydrogen-bond donors (Lipinski definition) is 1. The molecule has 0 aliphatic carbocycles. The second-order valence-electron chi connectivity index (χ2n) is 8.29. The first-order valence-corrected chi connectivity index (χ1v) is 11.3. The number of halogens is 2. The summed E-state index contributed by atoms with van der Waals surface area (Å²) in [5, 5.41) is 3.50. The van der Waals surface area contributed by atoms with Crippen LogP contribution in [-0.2, 0) is 29.0 Å². The number of nitrogens with one attached hydrogen (secondary N) is 1. The van der Waals surface area contributed by atoms with Crippen molar-refractivity contribution in [3.8, 4) is 0 Å². The number of amides is 2. The van der Waals surface area contributed by atoms with Crippen molar-refractivity contribution in [3.63, 3.8) is 0 Å². The second-order valence-corrected chi connectivity index (χ2v) is 8.72. The average molecular weight is 467 g/mol. The van der Waals surface area contributed by atoms with Crippen LogP contribution >= 0.6 is 11.6 Å². The molecule has 0 aromatic heterocycles. The maximum Gasteiger partial charge on any atom is 0.243 e. The first-order chi connectivity index (χ1) is 15.8. The van der Waals surface area contributed by atoms with Gasteiger partial charge in [-0.2, -0.15) is 0 Å². The number of nitrogens with zero attached hydrogens (tertiary/aromatic N) is 1. The summed E-state index contributed by atoms with van der Waals surface area (Å²) < 4.78 is 14.5. The van der Waals surface area contributed by atoms with Crippen molar-refractivity contribution in [2.75, 3.05) is 0 Å². The molecular formula is C27H28ClFN2O2. The van der Waals surface area contributed by atoms with Crippen LogP contribution in [0, 0.1) is 5.82 Å². The van der Waals surface area contributed by atoms with Crippen LogP contribution in [-0.4, -0.2) is 28.8 Å². The summed E-state index contributed by atoms with van der Waals surface area (Å²) in [7, 11) is 0. The molecule has 1 unspecified atom stereocenters. The summed E-state index contributed by atoms with van der Waals surface area (Å²) in [6.45, 7) is 3.73. The number of carbonyl (C=O) groups is 2. The van der Waals surface area contributed by atoms with E-state index in [9.17, 15) is 14.0 Å². The molecule has 0 aliphatic heterocycles. The van der Waals surface area contributed by atoms with Gasteiger partial charge in [-0.3, -0.25) is 9.59 Å². The predicted octanol–water partition coefficient (Wildman–Crippen LogP) is 5.19. The number of carbonyl (C=O) groups excluding carboxylic acids is 2. The molecule has 0 fully saturated rings. The standard InChI is InChI=1S/C27H28ClFN2O2/c1-19(2)30-27(33)25(16-20-8-4-3-5-9-20)31(18-22-10-6-7-11-24(22)29)26(32)17-21-12-14-23(28)15-13-21/h3-15,19,25H,16-18H2,1-2H3,(H,30,33).